The van der Waals surface area contributed by atoms with Crippen LogP contribution < -0.4 is 14.7 Å². The molecule has 0 amide bonds. The summed E-state index contributed by atoms with van der Waals surface area (Å²) in [5.74, 6) is 0. The zero-order valence-electron chi connectivity index (χ0n) is 82.1. The third kappa shape index (κ3) is 14.5. The minimum absolute atomic E-state index is 0.0371. The van der Waals surface area contributed by atoms with Crippen LogP contribution in [0.15, 0.2) is 508 Å². The van der Waals surface area contributed by atoms with Gasteiger partial charge in [-0.1, -0.05) is 418 Å². The third-order valence-electron chi connectivity index (χ3n) is 31.5. The van der Waals surface area contributed by atoms with Gasteiger partial charge in [-0.3, -0.25) is 0 Å². The maximum Gasteiger partial charge on any atom is 0.135 e. The summed E-state index contributed by atoms with van der Waals surface area (Å²) >= 11 is 1.86. The monoisotopic (exact) mass is 1880 g/mol. The molecule has 2 aromatic heterocycles. The van der Waals surface area contributed by atoms with E-state index in [2.05, 4.69) is 548 Å². The number of rotatable bonds is 13. The number of nitrogens with zero attached hydrogens (tertiary/aromatic N) is 3. The van der Waals surface area contributed by atoms with Crippen LogP contribution in [-0.4, -0.2) is 0 Å². The molecule has 0 atom stereocenters. The molecule has 3 aliphatic carbocycles. The molecule has 0 saturated heterocycles. The van der Waals surface area contributed by atoms with Crippen molar-refractivity contribution in [1.82, 2.24) is 0 Å². The third-order valence-corrected chi connectivity index (χ3v) is 32.7. The highest BCUT2D eigenvalue weighted by Gasteiger charge is 2.40. The van der Waals surface area contributed by atoms with E-state index in [4.69, 9.17) is 4.42 Å². The van der Waals surface area contributed by atoms with Crippen molar-refractivity contribution in [2.24, 2.45) is 0 Å². The lowest BCUT2D eigenvalue weighted by Crippen LogP contribution is -2.14. The Bertz CT molecular complexity index is 9620. The highest BCUT2D eigenvalue weighted by Crippen LogP contribution is 2.58. The van der Waals surface area contributed by atoms with Crippen molar-refractivity contribution in [3.8, 4) is 77.9 Å². The van der Waals surface area contributed by atoms with Gasteiger partial charge in [-0.25, -0.2) is 0 Å². The minimum Gasteiger partial charge on any atom is -0.456 e. The van der Waals surface area contributed by atoms with Crippen molar-refractivity contribution in [1.29, 1.82) is 0 Å². The van der Waals surface area contributed by atoms with Gasteiger partial charge in [-0.2, -0.15) is 0 Å². The summed E-state index contributed by atoms with van der Waals surface area (Å²) in [7, 11) is 0. The SMILES string of the molecule is CC1(C)c2ccccc2-c2c1ccc1ccc3cc(N(c4ccc5sc6ccccc6c5c4)c4ccccc4-c4ccccc4)ccc3c21.CC1(C)c2ccccc2-c2c1ccc1ccc3ccc(N(c4ccc(-c5ccccc5)cc4)c4ccc(-c5ccccc5)cc4)cc3c21.CC1(C)c2ccccc2-c2c1ccc1ccc3ccc(N(c4ccc(-c5ccccc5)cc4)c4ccc5oc6ccccc6c5c4)cc3c21. The van der Waals surface area contributed by atoms with E-state index >= 15 is 0 Å². The van der Waals surface area contributed by atoms with Gasteiger partial charge < -0.3 is 19.1 Å². The van der Waals surface area contributed by atoms with Gasteiger partial charge in [-0.15, -0.1) is 11.3 Å². The first-order chi connectivity index (χ1) is 71.7. The lowest BCUT2D eigenvalue weighted by Gasteiger charge is -2.28. The number of benzene rings is 24. The van der Waals surface area contributed by atoms with Crippen molar-refractivity contribution in [2.45, 2.75) is 57.8 Å². The van der Waals surface area contributed by atoms with Crippen LogP contribution in [0.5, 0.6) is 0 Å². The predicted molar refractivity (Wildman–Crippen MR) is 623 cm³/mol. The number of para-hydroxylation sites is 2. The van der Waals surface area contributed by atoms with E-state index in [-0.39, 0.29) is 16.2 Å². The maximum absolute atomic E-state index is 6.24. The molecule has 0 fully saturated rings. The van der Waals surface area contributed by atoms with E-state index in [0.29, 0.717) is 0 Å². The zero-order chi connectivity index (χ0) is 97.6. The molecular formula is C141H101N3OS. The van der Waals surface area contributed by atoms with E-state index in [0.717, 1.165) is 73.1 Å². The Balaban J connectivity index is 0.000000109. The Morgan fingerprint density at radius 2 is 0.486 bits per heavy atom. The molecule has 4 nitrogen and oxygen atoms in total. The van der Waals surface area contributed by atoms with Crippen LogP contribution in [-0.2, 0) is 16.2 Å². The molecule has 29 rings (SSSR count). The molecule has 0 saturated carbocycles. The summed E-state index contributed by atoms with van der Waals surface area (Å²) in [4.78, 5) is 7.23. The fourth-order valence-corrected chi connectivity index (χ4v) is 25.3. The molecule has 2 heterocycles. The largest absolute Gasteiger partial charge is 0.456 e. The molecule has 0 N–H and O–H groups in total. The summed E-state index contributed by atoms with van der Waals surface area (Å²) < 4.78 is 8.87. The van der Waals surface area contributed by atoms with Gasteiger partial charge in [0.25, 0.3) is 0 Å². The fraction of sp³-hybridized carbons (Fsp3) is 0.0638. The summed E-state index contributed by atoms with van der Waals surface area (Å²) in [6.45, 7) is 14.2. The Kier molecular flexibility index (Phi) is 20.8. The number of hydrogen-bond donors (Lipinski definition) is 0. The molecule has 0 radical (unpaired) electrons. The van der Waals surface area contributed by atoms with E-state index in [1.54, 1.807) is 0 Å². The van der Waals surface area contributed by atoms with Gasteiger partial charge in [0.2, 0.25) is 0 Å². The highest BCUT2D eigenvalue weighted by molar-refractivity contribution is 7.25. The van der Waals surface area contributed by atoms with Crippen LogP contribution in [0.2, 0.25) is 0 Å². The van der Waals surface area contributed by atoms with Crippen molar-refractivity contribution in [2.75, 3.05) is 14.7 Å². The summed E-state index contributed by atoms with van der Waals surface area (Å²) in [5, 5.41) is 20.2. The number of anilines is 9. The first-order valence-electron chi connectivity index (χ1n) is 50.8. The molecule has 146 heavy (non-hydrogen) atoms. The second-order valence-corrected chi connectivity index (χ2v) is 42.0. The van der Waals surface area contributed by atoms with Crippen molar-refractivity contribution in [3.05, 3.63) is 537 Å². The van der Waals surface area contributed by atoms with Crippen LogP contribution in [0, 0.1) is 0 Å². The van der Waals surface area contributed by atoms with Crippen molar-refractivity contribution in [3.63, 3.8) is 0 Å². The van der Waals surface area contributed by atoms with Gasteiger partial charge in [0, 0.05) is 98.3 Å². The van der Waals surface area contributed by atoms with E-state index in [1.807, 2.05) is 23.5 Å². The summed E-state index contributed by atoms with van der Waals surface area (Å²) in [5.41, 5.74) is 38.0. The molecule has 3 aliphatic rings. The number of thiophene rings is 1. The average molecular weight is 1890 g/mol. The van der Waals surface area contributed by atoms with Gasteiger partial charge in [0.05, 0.1) is 5.69 Å². The van der Waals surface area contributed by atoms with Crippen molar-refractivity contribution >= 4 is 169 Å². The van der Waals surface area contributed by atoms with E-state index in [9.17, 15) is 0 Å². The van der Waals surface area contributed by atoms with Gasteiger partial charge in [0.1, 0.15) is 11.2 Å². The van der Waals surface area contributed by atoms with Gasteiger partial charge in [0.15, 0.2) is 0 Å². The van der Waals surface area contributed by atoms with Crippen molar-refractivity contribution < 1.29 is 4.42 Å². The van der Waals surface area contributed by atoms with Gasteiger partial charge in [-0.05, 0) is 298 Å². The normalized spacial score (nSPS) is 13.2. The van der Waals surface area contributed by atoms with Gasteiger partial charge >= 0.3 is 0 Å². The standard InChI is InChI=1S/C47H33NO.C47H33NS.C47H35N/c1-47(2)41-14-8-6-13-38(41)46-42(47)26-21-33-17-16-32-20-24-35(28-39(32)45(33)46)48(34-22-18-31(19-23-34)30-10-4-3-5-11-30)36-25-27-44-40(29-36)37-12-7-9-15-43(37)49-44;1-47(2)40-17-9-6-16-38(40)46-41(47)26-22-31-20-21-32-28-33(23-25-36(32)45(31)46)48(42-18-10-7-14-35(42)30-12-4-3-5-13-30)34-24-27-44-39(29-34)37-15-8-11-19-43(37)49-44;1-47(2)43-16-10-9-15-41(43)46-44(47)30-24-37-18-17-36-23-29-40(31-42(36)45(37)46)48(38-25-19-34(20-26-38)32-11-5-3-6-12-32)39-27-21-35(22-28-39)33-13-7-4-8-14-33/h2*3-29H,1-2H3;3-31H,1-2H3. The average Bonchev–Trinajstić information content (AvgIpc) is 1.56. The topological polar surface area (TPSA) is 22.9 Å². The Morgan fingerprint density at radius 1 is 0.178 bits per heavy atom. The lowest BCUT2D eigenvalue weighted by molar-refractivity contribution is 0.660. The van der Waals surface area contributed by atoms with Crippen LogP contribution in [0.25, 0.3) is 185 Å². The number of fused-ring (bicyclic) bond motifs is 27. The molecule has 692 valence electrons. The summed E-state index contributed by atoms with van der Waals surface area (Å²) in [6.07, 6.45) is 0. The summed E-state index contributed by atoms with van der Waals surface area (Å²) in [6, 6.07) is 184. The smallest absolute Gasteiger partial charge is 0.135 e. The van der Waals surface area contributed by atoms with E-state index in [1.165, 1.54) is 196 Å². The quantitative estimate of drug-likeness (QED) is 0.107. The van der Waals surface area contributed by atoms with Crippen LogP contribution >= 0.6 is 11.3 Å². The maximum atomic E-state index is 6.24. The Labute approximate surface area is 854 Å². The fourth-order valence-electron chi connectivity index (χ4n) is 24.3. The molecular weight excluding hydrogens is 1780 g/mol. The zero-order valence-corrected chi connectivity index (χ0v) is 82.9. The predicted octanol–water partition coefficient (Wildman–Crippen LogP) is 40.2. The molecule has 0 spiro atoms. The lowest BCUT2D eigenvalue weighted by atomic mass is 9.82. The molecule has 26 aromatic rings. The number of hydrogen-bond acceptors (Lipinski definition) is 5. The molecule has 5 heteroatoms. The van der Waals surface area contributed by atoms with Crippen LogP contribution in [0.4, 0.5) is 51.2 Å². The molecule has 0 bridgehead atoms. The first-order valence-corrected chi connectivity index (χ1v) is 51.6. The molecule has 0 unspecified atom stereocenters. The highest BCUT2D eigenvalue weighted by atomic mass is 32.1. The second-order valence-electron chi connectivity index (χ2n) is 40.9. The second kappa shape index (κ2) is 34.9. The van der Waals surface area contributed by atoms with E-state index < -0.39 is 0 Å². The number of furan rings is 1. The van der Waals surface area contributed by atoms with Crippen LogP contribution in [0.1, 0.15) is 74.9 Å². The minimum atomic E-state index is -0.0603. The molecule has 24 aromatic carbocycles. The van der Waals surface area contributed by atoms with Crippen LogP contribution in [0.3, 0.4) is 0 Å². The first kappa shape index (κ1) is 87.3. The Hall–Kier alpha value is -17.7. The Morgan fingerprint density at radius 3 is 0.973 bits per heavy atom. The molecule has 0 aliphatic heterocycles.